The fraction of sp³-hybridized carbons (Fsp3) is 0.500. The monoisotopic (exact) mass is 502 g/mol. The van der Waals surface area contributed by atoms with Crippen LogP contribution in [0, 0.1) is 0 Å². The maximum Gasteiger partial charge on any atom is 0.261 e. The number of rotatable bonds is 19. The first-order valence-corrected chi connectivity index (χ1v) is 14.2. The molecule has 0 aliphatic heterocycles. The van der Waals surface area contributed by atoms with Crippen LogP contribution >= 0.6 is 0 Å². The molecule has 0 saturated carbocycles. The van der Waals surface area contributed by atoms with Gasteiger partial charge in [0, 0.05) is 0 Å². The molecule has 194 valence electrons. The molecule has 0 spiro atoms. The van der Waals surface area contributed by atoms with Gasteiger partial charge in [0.25, 0.3) is 8.32 Å². The summed E-state index contributed by atoms with van der Waals surface area (Å²) in [5, 5.41) is 2.51. The molecule has 0 aliphatic carbocycles. The summed E-state index contributed by atoms with van der Waals surface area (Å²) in [5.74, 6) is 0. The maximum absolute atomic E-state index is 6.81. The van der Waals surface area contributed by atoms with Gasteiger partial charge in [-0.1, -0.05) is 88.0 Å². The molecule has 35 heavy (non-hydrogen) atoms. The smallest absolute Gasteiger partial charge is 0.261 e. The topological polar surface area (TPSA) is 55.4 Å². The Morgan fingerprint density at radius 2 is 0.971 bits per heavy atom. The van der Waals surface area contributed by atoms with Gasteiger partial charge in [0.1, 0.15) is 6.61 Å². The van der Waals surface area contributed by atoms with Gasteiger partial charge in [-0.2, -0.15) is 0 Å². The summed E-state index contributed by atoms with van der Waals surface area (Å²) in [7, 11) is -2.51. The zero-order chi connectivity index (χ0) is 25.2. The van der Waals surface area contributed by atoms with Gasteiger partial charge >= 0.3 is 0 Å². The van der Waals surface area contributed by atoms with Crippen molar-refractivity contribution in [1.29, 1.82) is 0 Å². The molecule has 0 amide bonds. The molecule has 0 radical (unpaired) electrons. The Morgan fingerprint density at radius 1 is 0.600 bits per heavy atom. The van der Waals surface area contributed by atoms with E-state index in [1.54, 1.807) is 0 Å². The molecule has 0 saturated heterocycles. The normalized spacial score (nSPS) is 12.0. The first kappa shape index (κ1) is 29.2. The second kappa shape index (κ2) is 16.6. The van der Waals surface area contributed by atoms with E-state index in [4.69, 9.17) is 28.1 Å². The highest BCUT2D eigenvalue weighted by Gasteiger charge is 2.49. The minimum Gasteiger partial charge on any atom is -0.499 e. The fourth-order valence-electron chi connectivity index (χ4n) is 3.97. The van der Waals surface area contributed by atoms with E-state index >= 15 is 0 Å². The minimum absolute atomic E-state index is 0.0385. The standard InChI is InChI=1S/C28H42O6Si/c1-5-29-16-17-30-18-19-31-20-21-32-22-23-33-24-25-34-35(28(2,3)4,26-12-8-6-9-13-26)27-14-10-7-11-15-27/h5-15H,1,16-25H2,2-4H3. The van der Waals surface area contributed by atoms with Crippen molar-refractivity contribution >= 4 is 18.7 Å². The van der Waals surface area contributed by atoms with Crippen LogP contribution in [0.1, 0.15) is 20.8 Å². The van der Waals surface area contributed by atoms with Crippen molar-refractivity contribution in [2.45, 2.75) is 25.8 Å². The van der Waals surface area contributed by atoms with Gasteiger partial charge in [-0.25, -0.2) is 0 Å². The molecule has 0 fully saturated rings. The highest BCUT2D eigenvalue weighted by Crippen LogP contribution is 2.36. The molecule has 0 N–H and O–H groups in total. The van der Waals surface area contributed by atoms with E-state index in [1.165, 1.54) is 16.6 Å². The Hall–Kier alpha value is -2.00. The van der Waals surface area contributed by atoms with Gasteiger partial charge < -0.3 is 28.1 Å². The average Bonchev–Trinajstić information content (AvgIpc) is 2.86. The van der Waals surface area contributed by atoms with Gasteiger partial charge in [-0.3, -0.25) is 0 Å². The first-order valence-electron chi connectivity index (χ1n) is 12.3. The van der Waals surface area contributed by atoms with Crippen molar-refractivity contribution in [2.24, 2.45) is 0 Å². The van der Waals surface area contributed by atoms with Crippen LogP contribution in [0.4, 0.5) is 0 Å². The van der Waals surface area contributed by atoms with Gasteiger partial charge in [0.2, 0.25) is 0 Å². The van der Waals surface area contributed by atoms with E-state index in [-0.39, 0.29) is 5.04 Å². The lowest BCUT2D eigenvalue weighted by molar-refractivity contribution is -0.00858. The molecule has 0 unspecified atom stereocenters. The molecule has 0 bridgehead atoms. The highest BCUT2D eigenvalue weighted by atomic mass is 28.4. The summed E-state index contributed by atoms with van der Waals surface area (Å²) in [5.41, 5.74) is 0. The van der Waals surface area contributed by atoms with Crippen molar-refractivity contribution in [3.05, 3.63) is 73.5 Å². The molecule has 7 heteroatoms. The Bertz CT molecular complexity index is 755. The molecule has 2 aromatic rings. The first-order chi connectivity index (χ1) is 17.0. The third-order valence-corrected chi connectivity index (χ3v) is 10.6. The van der Waals surface area contributed by atoms with Crippen LogP contribution in [0.5, 0.6) is 0 Å². The number of benzene rings is 2. The van der Waals surface area contributed by atoms with E-state index in [9.17, 15) is 0 Å². The zero-order valence-corrected chi connectivity index (χ0v) is 22.6. The largest absolute Gasteiger partial charge is 0.499 e. The SMILES string of the molecule is C=COCCOCCOCCOCCOCCO[Si](c1ccccc1)(c1ccccc1)C(C)(C)C. The molecule has 2 rings (SSSR count). The lowest BCUT2D eigenvalue weighted by Gasteiger charge is -2.43. The van der Waals surface area contributed by atoms with Gasteiger partial charge in [0.15, 0.2) is 0 Å². The fourth-order valence-corrected chi connectivity index (χ4v) is 8.51. The van der Waals surface area contributed by atoms with E-state index < -0.39 is 8.32 Å². The van der Waals surface area contributed by atoms with Gasteiger partial charge in [0.05, 0.1) is 65.7 Å². The van der Waals surface area contributed by atoms with E-state index in [0.29, 0.717) is 66.1 Å². The molecule has 6 nitrogen and oxygen atoms in total. The predicted molar refractivity (Wildman–Crippen MR) is 143 cm³/mol. The van der Waals surface area contributed by atoms with Crippen molar-refractivity contribution in [3.8, 4) is 0 Å². The van der Waals surface area contributed by atoms with Crippen molar-refractivity contribution in [1.82, 2.24) is 0 Å². The Balaban J connectivity index is 1.69. The van der Waals surface area contributed by atoms with Crippen LogP contribution in [0.15, 0.2) is 73.5 Å². The van der Waals surface area contributed by atoms with Crippen LogP contribution in [0.2, 0.25) is 5.04 Å². The van der Waals surface area contributed by atoms with Crippen LogP contribution in [0.3, 0.4) is 0 Å². The quantitative estimate of drug-likeness (QED) is 0.166. The number of ether oxygens (including phenoxy) is 5. The Labute approximate surface area is 212 Å². The summed E-state index contributed by atoms with van der Waals surface area (Å²) in [6.45, 7) is 15.6. The van der Waals surface area contributed by atoms with Crippen molar-refractivity contribution in [3.63, 3.8) is 0 Å². The second-order valence-corrected chi connectivity index (χ2v) is 13.3. The summed E-state index contributed by atoms with van der Waals surface area (Å²) >= 11 is 0. The molecule has 2 aromatic carbocycles. The third-order valence-electron chi connectivity index (χ3n) is 5.54. The molecular formula is C28H42O6Si. The molecule has 0 atom stereocenters. The third kappa shape index (κ3) is 9.87. The van der Waals surface area contributed by atoms with Crippen molar-refractivity contribution < 1.29 is 28.1 Å². The summed E-state index contributed by atoms with van der Waals surface area (Å²) in [6, 6.07) is 21.3. The number of hydrogen-bond acceptors (Lipinski definition) is 6. The minimum atomic E-state index is -2.51. The van der Waals surface area contributed by atoms with Gasteiger partial charge in [-0.15, -0.1) is 0 Å². The zero-order valence-electron chi connectivity index (χ0n) is 21.6. The van der Waals surface area contributed by atoms with Gasteiger partial charge in [-0.05, 0) is 15.4 Å². The maximum atomic E-state index is 6.81. The summed E-state index contributed by atoms with van der Waals surface area (Å²) < 4.78 is 34.0. The molecular weight excluding hydrogens is 460 g/mol. The van der Waals surface area contributed by atoms with Crippen LogP contribution in [0.25, 0.3) is 0 Å². The highest BCUT2D eigenvalue weighted by molar-refractivity contribution is 6.99. The van der Waals surface area contributed by atoms with E-state index in [1.807, 2.05) is 0 Å². The molecule has 0 heterocycles. The number of hydrogen-bond donors (Lipinski definition) is 0. The summed E-state index contributed by atoms with van der Waals surface area (Å²) in [6.07, 6.45) is 1.41. The van der Waals surface area contributed by atoms with Crippen LogP contribution < -0.4 is 10.4 Å². The van der Waals surface area contributed by atoms with E-state index in [0.717, 1.165) is 0 Å². The molecule has 0 aromatic heterocycles. The summed E-state index contributed by atoms with van der Waals surface area (Å²) in [4.78, 5) is 0. The predicted octanol–water partition coefficient (Wildman–Crippen LogP) is 3.79. The van der Waals surface area contributed by atoms with Crippen LogP contribution in [-0.2, 0) is 28.1 Å². The Kier molecular flexibility index (Phi) is 13.9. The van der Waals surface area contributed by atoms with E-state index in [2.05, 4.69) is 88.0 Å². The van der Waals surface area contributed by atoms with Crippen molar-refractivity contribution in [2.75, 3.05) is 66.1 Å². The van der Waals surface area contributed by atoms with Crippen LogP contribution in [-0.4, -0.2) is 74.4 Å². The lowest BCUT2D eigenvalue weighted by atomic mass is 10.2. The molecule has 0 aliphatic rings. The lowest BCUT2D eigenvalue weighted by Crippen LogP contribution is -2.66. The average molecular weight is 503 g/mol. The second-order valence-electron chi connectivity index (χ2n) is 9.00. The Morgan fingerprint density at radius 3 is 1.34 bits per heavy atom.